The van der Waals surface area contributed by atoms with Crippen molar-refractivity contribution in [2.24, 2.45) is 0 Å². The second kappa shape index (κ2) is 12.2. The summed E-state index contributed by atoms with van der Waals surface area (Å²) in [6.07, 6.45) is -0.770. The minimum Gasteiger partial charge on any atom is -0.444 e. The van der Waals surface area contributed by atoms with Gasteiger partial charge in [-0.05, 0) is 52.4 Å². The minimum absolute atomic E-state index is 0.0866. The number of aryl methyl sites for hydroxylation is 1. The molecule has 0 aliphatic carbocycles. The molecular formula is C30H39N5O5. The standard InChI is InChI=1S/C30H39N5O5/c1-21-10-6-7-11-22(21)26(36)19-35-25-13-9-8-12-24(25)34(27(37)20-33-16-14-32(5)15-17-33)18-23(28(35)38)31-29(39)40-30(2,3)4/h6-13,23H,14-20H2,1-5H3,(H,31,39). The first-order chi connectivity index (χ1) is 18.9. The first-order valence-corrected chi connectivity index (χ1v) is 13.6. The van der Waals surface area contributed by atoms with Crippen molar-refractivity contribution in [2.75, 3.05) is 62.7 Å². The van der Waals surface area contributed by atoms with Gasteiger partial charge in [0.05, 0.1) is 31.0 Å². The van der Waals surface area contributed by atoms with Crippen molar-refractivity contribution < 1.29 is 23.9 Å². The Bertz CT molecular complexity index is 1270. The van der Waals surface area contributed by atoms with Gasteiger partial charge >= 0.3 is 6.09 Å². The molecule has 0 bridgehead atoms. The minimum atomic E-state index is -1.12. The first-order valence-electron chi connectivity index (χ1n) is 13.6. The molecule has 0 saturated carbocycles. The van der Waals surface area contributed by atoms with Crippen molar-refractivity contribution in [1.29, 1.82) is 0 Å². The Balaban J connectivity index is 1.68. The van der Waals surface area contributed by atoms with E-state index in [9.17, 15) is 19.2 Å². The second-order valence-electron chi connectivity index (χ2n) is 11.4. The number of rotatable bonds is 6. The summed E-state index contributed by atoms with van der Waals surface area (Å²) < 4.78 is 5.43. The molecule has 214 valence electrons. The van der Waals surface area contributed by atoms with E-state index in [1.807, 2.05) is 19.1 Å². The lowest BCUT2D eigenvalue weighted by Crippen LogP contribution is -2.55. The highest BCUT2D eigenvalue weighted by Crippen LogP contribution is 2.33. The van der Waals surface area contributed by atoms with Crippen LogP contribution in [0.2, 0.25) is 0 Å². The third-order valence-electron chi connectivity index (χ3n) is 7.09. The quantitative estimate of drug-likeness (QED) is 0.553. The number of anilines is 2. The van der Waals surface area contributed by atoms with Gasteiger partial charge in [0.15, 0.2) is 5.78 Å². The van der Waals surface area contributed by atoms with Crippen LogP contribution in [0.15, 0.2) is 48.5 Å². The number of alkyl carbamates (subject to hydrolysis) is 1. The monoisotopic (exact) mass is 549 g/mol. The molecular weight excluding hydrogens is 510 g/mol. The van der Waals surface area contributed by atoms with Gasteiger partial charge in [-0.1, -0.05) is 36.4 Å². The number of nitrogens with zero attached hydrogens (tertiary/aromatic N) is 4. The molecule has 0 aromatic heterocycles. The summed E-state index contributed by atoms with van der Waals surface area (Å²) >= 11 is 0. The van der Waals surface area contributed by atoms with Crippen LogP contribution in [-0.4, -0.2) is 98.0 Å². The van der Waals surface area contributed by atoms with Crippen LogP contribution in [0.25, 0.3) is 0 Å². The van der Waals surface area contributed by atoms with Gasteiger partial charge in [0.1, 0.15) is 11.6 Å². The molecule has 1 N–H and O–H groups in total. The zero-order valence-electron chi connectivity index (χ0n) is 24.0. The molecule has 10 nitrogen and oxygen atoms in total. The number of nitrogens with one attached hydrogen (secondary N) is 1. The summed E-state index contributed by atoms with van der Waals surface area (Å²) in [5.41, 5.74) is 1.49. The van der Waals surface area contributed by atoms with E-state index >= 15 is 0 Å². The number of likely N-dealkylation sites (N-methyl/N-ethyl adjacent to an activating group) is 1. The van der Waals surface area contributed by atoms with Crippen LogP contribution in [0.5, 0.6) is 0 Å². The highest BCUT2D eigenvalue weighted by molar-refractivity contribution is 6.12. The molecule has 10 heteroatoms. The molecule has 3 amide bonds. The summed E-state index contributed by atoms with van der Waals surface area (Å²) in [7, 11) is 2.05. The first kappa shape index (κ1) is 29.2. The predicted molar refractivity (Wildman–Crippen MR) is 154 cm³/mol. The predicted octanol–water partition coefficient (Wildman–Crippen LogP) is 2.70. The highest BCUT2D eigenvalue weighted by Gasteiger charge is 2.38. The number of carbonyl (C=O) groups is 4. The molecule has 2 aromatic rings. The zero-order valence-corrected chi connectivity index (χ0v) is 24.0. The van der Waals surface area contributed by atoms with Gasteiger partial charge < -0.3 is 24.8 Å². The fraction of sp³-hybridized carbons (Fsp3) is 0.467. The second-order valence-corrected chi connectivity index (χ2v) is 11.4. The van der Waals surface area contributed by atoms with Crippen LogP contribution >= 0.6 is 0 Å². The van der Waals surface area contributed by atoms with Crippen molar-refractivity contribution >= 4 is 35.1 Å². The number of benzene rings is 2. The van der Waals surface area contributed by atoms with E-state index in [0.29, 0.717) is 16.9 Å². The van der Waals surface area contributed by atoms with Gasteiger partial charge in [0, 0.05) is 31.7 Å². The maximum Gasteiger partial charge on any atom is 0.408 e. The van der Waals surface area contributed by atoms with Gasteiger partial charge in [-0.3, -0.25) is 19.3 Å². The fourth-order valence-electron chi connectivity index (χ4n) is 4.94. The lowest BCUT2D eigenvalue weighted by molar-refractivity contribution is -0.121. The summed E-state index contributed by atoms with van der Waals surface area (Å²) in [5, 5.41) is 2.67. The molecule has 2 heterocycles. The number of para-hydroxylation sites is 2. The molecule has 1 saturated heterocycles. The maximum absolute atomic E-state index is 14.0. The molecule has 1 unspecified atom stereocenters. The van der Waals surface area contributed by atoms with Gasteiger partial charge in [0.25, 0.3) is 5.91 Å². The van der Waals surface area contributed by atoms with Crippen molar-refractivity contribution in [2.45, 2.75) is 39.3 Å². The molecule has 2 aliphatic rings. The van der Waals surface area contributed by atoms with Gasteiger partial charge in [-0.25, -0.2) is 4.79 Å². The molecule has 1 fully saturated rings. The number of fused-ring (bicyclic) bond motifs is 1. The summed E-state index contributed by atoms with van der Waals surface area (Å²) in [5.74, 6) is -0.919. The van der Waals surface area contributed by atoms with Crippen LogP contribution in [0.3, 0.4) is 0 Å². The van der Waals surface area contributed by atoms with E-state index in [0.717, 1.165) is 31.7 Å². The Morgan fingerprint density at radius 3 is 2.20 bits per heavy atom. The number of hydrogen-bond donors (Lipinski definition) is 1. The third kappa shape index (κ3) is 7.05. The van der Waals surface area contributed by atoms with E-state index < -0.39 is 23.6 Å². The number of ether oxygens (including phenoxy) is 1. The van der Waals surface area contributed by atoms with Gasteiger partial charge in [0.2, 0.25) is 5.91 Å². The van der Waals surface area contributed by atoms with Crippen molar-refractivity contribution in [1.82, 2.24) is 15.1 Å². The Morgan fingerprint density at radius 1 is 0.925 bits per heavy atom. The molecule has 1 atom stereocenters. The Kier molecular flexibility index (Phi) is 8.90. The van der Waals surface area contributed by atoms with E-state index in [-0.39, 0.29) is 31.3 Å². The maximum atomic E-state index is 14.0. The Labute approximate surface area is 235 Å². The summed E-state index contributed by atoms with van der Waals surface area (Å²) in [4.78, 5) is 61.2. The molecule has 0 spiro atoms. The van der Waals surface area contributed by atoms with Crippen LogP contribution in [0.1, 0.15) is 36.7 Å². The number of amides is 3. The van der Waals surface area contributed by atoms with E-state index in [1.165, 1.54) is 4.90 Å². The molecule has 0 radical (unpaired) electrons. The number of ketones is 1. The summed E-state index contributed by atoms with van der Waals surface area (Å²) in [6.45, 7) is 10.1. The topological polar surface area (TPSA) is 102 Å². The van der Waals surface area contributed by atoms with Crippen molar-refractivity contribution in [3.63, 3.8) is 0 Å². The van der Waals surface area contributed by atoms with E-state index in [2.05, 4.69) is 22.2 Å². The van der Waals surface area contributed by atoms with Crippen LogP contribution < -0.4 is 15.1 Å². The van der Waals surface area contributed by atoms with Crippen LogP contribution in [-0.2, 0) is 14.3 Å². The molecule has 2 aliphatic heterocycles. The zero-order chi connectivity index (χ0) is 29.0. The van der Waals surface area contributed by atoms with Crippen molar-refractivity contribution in [3.05, 3.63) is 59.7 Å². The average Bonchev–Trinajstić information content (AvgIpc) is 3.00. The van der Waals surface area contributed by atoms with Gasteiger partial charge in [-0.2, -0.15) is 0 Å². The van der Waals surface area contributed by atoms with Crippen LogP contribution in [0.4, 0.5) is 16.2 Å². The Morgan fingerprint density at radius 2 is 1.55 bits per heavy atom. The number of carbonyl (C=O) groups excluding carboxylic acids is 4. The summed E-state index contributed by atoms with van der Waals surface area (Å²) in [6, 6.07) is 13.1. The fourth-order valence-corrected chi connectivity index (χ4v) is 4.94. The number of piperazine rings is 1. The van der Waals surface area contributed by atoms with E-state index in [4.69, 9.17) is 4.74 Å². The number of hydrogen-bond acceptors (Lipinski definition) is 7. The smallest absolute Gasteiger partial charge is 0.408 e. The lowest BCUT2D eigenvalue weighted by Gasteiger charge is -2.34. The van der Waals surface area contributed by atoms with Crippen LogP contribution in [0, 0.1) is 6.92 Å². The normalized spacial score (nSPS) is 18.6. The van der Waals surface area contributed by atoms with Gasteiger partial charge in [-0.15, -0.1) is 0 Å². The lowest BCUT2D eigenvalue weighted by atomic mass is 10.0. The molecule has 2 aromatic carbocycles. The highest BCUT2D eigenvalue weighted by atomic mass is 16.6. The number of Topliss-reactive ketones (excluding diaryl/α,β-unsaturated/α-hetero) is 1. The van der Waals surface area contributed by atoms with E-state index in [1.54, 1.807) is 62.1 Å². The SMILES string of the molecule is Cc1ccccc1C(=O)CN1C(=O)C(NC(=O)OC(C)(C)C)CN(C(=O)CN2CCN(C)CC2)c2ccccc21. The molecule has 4 rings (SSSR count). The third-order valence-corrected chi connectivity index (χ3v) is 7.09. The Hall–Kier alpha value is -3.76. The average molecular weight is 550 g/mol. The van der Waals surface area contributed by atoms with Crippen molar-refractivity contribution in [3.8, 4) is 0 Å². The molecule has 40 heavy (non-hydrogen) atoms. The largest absolute Gasteiger partial charge is 0.444 e.